The maximum Gasteiger partial charge on any atom is 0.306 e. The third kappa shape index (κ3) is 35.6. The van der Waals surface area contributed by atoms with E-state index in [0.717, 1.165) is 110 Å². The molecule has 9 nitrogen and oxygen atoms in total. The van der Waals surface area contributed by atoms with Crippen LogP contribution in [-0.4, -0.2) is 73.1 Å². The fourth-order valence-corrected chi connectivity index (χ4v) is 7.76. The first-order chi connectivity index (χ1) is 28.8. The summed E-state index contributed by atoms with van der Waals surface area (Å²) in [5.74, 6) is -0.00137. The number of hydrogen-bond acceptors (Lipinski definition) is 9. The van der Waals surface area contributed by atoms with E-state index in [9.17, 15) is 19.5 Å². The van der Waals surface area contributed by atoms with E-state index in [4.69, 9.17) is 9.84 Å². The second-order valence-electron chi connectivity index (χ2n) is 17.3. The molecule has 0 spiro atoms. The summed E-state index contributed by atoms with van der Waals surface area (Å²) in [6.45, 7) is 12.7. The molecule has 4 N–H and O–H groups in total. The monoisotopic (exact) mass is 925 g/mol. The van der Waals surface area contributed by atoms with Crippen molar-refractivity contribution < 1.29 is 52.5 Å². The average molecular weight is 925 g/mol. The standard InChI is InChI=1S/C39H73N3O5.C11H24O.Y/c1-4-6-8-10-13-19-26-34(27-20-14-11-9-7-5-2)47-35(44)28-21-15-12-16-22-30-42(31-23-17-18-24-33-43)32-25-29-41-37-36(40-3)38(45)39(37)46;1-3-5-6-7-8-9-10-11(12)4-2;/h34,40-41,43H,4-33H2,1-3H3;11-12H,3-10H2,1-2H3;. The molecular formula is C50H97N3O6Y. The maximum absolute atomic E-state index is 12.7. The Bertz CT molecular complexity index is 1110. The Labute approximate surface area is 395 Å². The third-order valence-electron chi connectivity index (χ3n) is 11.8. The van der Waals surface area contributed by atoms with Crippen LogP contribution >= 0.6 is 0 Å². The first kappa shape index (κ1) is 61.2. The summed E-state index contributed by atoms with van der Waals surface area (Å²) >= 11 is 0. The molecule has 0 aliphatic rings. The van der Waals surface area contributed by atoms with Crippen molar-refractivity contribution in [2.45, 2.75) is 252 Å². The number of anilines is 2. The maximum atomic E-state index is 12.7. The van der Waals surface area contributed by atoms with Crippen LogP contribution < -0.4 is 21.5 Å². The van der Waals surface area contributed by atoms with Gasteiger partial charge in [-0.05, 0) is 90.3 Å². The van der Waals surface area contributed by atoms with Crippen LogP contribution in [0.15, 0.2) is 9.59 Å². The molecular weight excluding hydrogens is 827 g/mol. The van der Waals surface area contributed by atoms with Gasteiger partial charge in [0.25, 0.3) is 10.9 Å². The molecule has 0 saturated heterocycles. The van der Waals surface area contributed by atoms with Crippen molar-refractivity contribution in [1.29, 1.82) is 0 Å². The third-order valence-corrected chi connectivity index (χ3v) is 11.8. The van der Waals surface area contributed by atoms with E-state index in [-0.39, 0.29) is 57.5 Å². The minimum atomic E-state index is -0.437. The summed E-state index contributed by atoms with van der Waals surface area (Å²) in [7, 11) is 1.66. The van der Waals surface area contributed by atoms with E-state index in [0.29, 0.717) is 24.3 Å². The largest absolute Gasteiger partial charge is 0.462 e. The van der Waals surface area contributed by atoms with Gasteiger partial charge in [0.15, 0.2) is 0 Å². The number of esters is 1. The van der Waals surface area contributed by atoms with Gasteiger partial charge in [-0.25, -0.2) is 0 Å². The number of rotatable bonds is 43. The summed E-state index contributed by atoms with van der Waals surface area (Å²) in [4.78, 5) is 38.6. The minimum absolute atomic E-state index is 0. The molecule has 60 heavy (non-hydrogen) atoms. The van der Waals surface area contributed by atoms with Crippen LogP contribution in [0.2, 0.25) is 0 Å². The number of ether oxygens (including phenoxy) is 1. The summed E-state index contributed by atoms with van der Waals surface area (Å²) in [5, 5.41) is 24.3. The van der Waals surface area contributed by atoms with Crippen LogP contribution in [-0.2, 0) is 42.2 Å². The Morgan fingerprint density at radius 3 is 1.47 bits per heavy atom. The smallest absolute Gasteiger partial charge is 0.306 e. The number of carbonyl (C=O) groups excluding carboxylic acids is 1. The number of aliphatic hydroxyl groups is 2. The molecule has 1 rings (SSSR count). The zero-order valence-electron chi connectivity index (χ0n) is 40.1. The SMILES string of the molecule is CCCCCCCCC(CCCCCCCC)OC(=O)CCCCCCCN(CCCCCCO)CCCNc1c(NC)c(=O)c1=O.CCCCCCCCC(O)CC.[Y]. The summed E-state index contributed by atoms with van der Waals surface area (Å²) < 4.78 is 6.02. The number of hydrogen-bond donors (Lipinski definition) is 4. The molecule has 0 saturated carbocycles. The molecule has 1 radical (unpaired) electrons. The van der Waals surface area contributed by atoms with E-state index in [1.807, 2.05) is 6.92 Å². The average Bonchev–Trinajstić information content (AvgIpc) is 3.24. The number of aliphatic hydroxyl groups excluding tert-OH is 2. The van der Waals surface area contributed by atoms with Crippen molar-refractivity contribution in [3.63, 3.8) is 0 Å². The Morgan fingerprint density at radius 1 is 0.567 bits per heavy atom. The zero-order chi connectivity index (χ0) is 43.6. The van der Waals surface area contributed by atoms with Gasteiger partial charge in [0.1, 0.15) is 17.5 Å². The van der Waals surface area contributed by atoms with Gasteiger partial charge in [0.2, 0.25) is 0 Å². The molecule has 10 heteroatoms. The van der Waals surface area contributed by atoms with Crippen molar-refractivity contribution in [1.82, 2.24) is 4.90 Å². The van der Waals surface area contributed by atoms with Gasteiger partial charge in [-0.2, -0.15) is 0 Å². The van der Waals surface area contributed by atoms with Crippen LogP contribution in [0.5, 0.6) is 0 Å². The first-order valence-electron chi connectivity index (χ1n) is 25.2. The van der Waals surface area contributed by atoms with Crippen molar-refractivity contribution in [2.75, 3.05) is 50.5 Å². The molecule has 0 aliphatic heterocycles. The minimum Gasteiger partial charge on any atom is -0.462 e. The Balaban J connectivity index is 0. The van der Waals surface area contributed by atoms with Gasteiger partial charge in [-0.3, -0.25) is 14.4 Å². The van der Waals surface area contributed by atoms with E-state index in [1.165, 1.54) is 116 Å². The van der Waals surface area contributed by atoms with Crippen LogP contribution in [0.25, 0.3) is 0 Å². The van der Waals surface area contributed by atoms with E-state index < -0.39 is 10.9 Å². The number of nitrogens with zero attached hydrogens (tertiary/aromatic N) is 1. The predicted molar refractivity (Wildman–Crippen MR) is 254 cm³/mol. The molecule has 1 aromatic carbocycles. The van der Waals surface area contributed by atoms with Gasteiger partial charge in [-0.15, -0.1) is 0 Å². The molecule has 0 bridgehead atoms. The molecule has 1 aromatic rings. The van der Waals surface area contributed by atoms with Crippen LogP contribution in [0.4, 0.5) is 11.4 Å². The normalized spacial score (nSPS) is 11.8. The van der Waals surface area contributed by atoms with Gasteiger partial charge < -0.3 is 30.5 Å². The Morgan fingerprint density at radius 2 is 0.983 bits per heavy atom. The van der Waals surface area contributed by atoms with Crippen LogP contribution in [0.1, 0.15) is 240 Å². The van der Waals surface area contributed by atoms with Gasteiger partial charge in [-0.1, -0.05) is 163 Å². The molecule has 0 amide bonds. The number of nitrogens with one attached hydrogen (secondary N) is 2. The fraction of sp³-hybridized carbons (Fsp3) is 0.900. The molecule has 0 fully saturated rings. The van der Waals surface area contributed by atoms with Gasteiger partial charge in [0.05, 0.1) is 6.10 Å². The Hall–Kier alpha value is -0.866. The summed E-state index contributed by atoms with van der Waals surface area (Å²) in [6.07, 6.45) is 38.2. The van der Waals surface area contributed by atoms with Crippen molar-refractivity contribution >= 4 is 17.3 Å². The second-order valence-corrected chi connectivity index (χ2v) is 17.3. The molecule has 0 aliphatic carbocycles. The number of unbranched alkanes of at least 4 members (excludes halogenated alkanes) is 22. The Kier molecular flexibility index (Phi) is 47.1. The van der Waals surface area contributed by atoms with Crippen molar-refractivity contribution in [2.24, 2.45) is 0 Å². The topological polar surface area (TPSA) is 128 Å². The van der Waals surface area contributed by atoms with Crippen molar-refractivity contribution in [3.05, 3.63) is 20.4 Å². The van der Waals surface area contributed by atoms with Gasteiger partial charge >= 0.3 is 5.97 Å². The molecule has 0 aromatic heterocycles. The summed E-state index contributed by atoms with van der Waals surface area (Å²) in [5.41, 5.74) is -0.0506. The first-order valence-corrected chi connectivity index (χ1v) is 25.2. The van der Waals surface area contributed by atoms with E-state index >= 15 is 0 Å². The molecule has 1 unspecified atom stereocenters. The zero-order valence-corrected chi connectivity index (χ0v) is 42.9. The molecule has 1 atom stereocenters. The van der Waals surface area contributed by atoms with Gasteiger partial charge in [0, 0.05) is 59.3 Å². The predicted octanol–water partition coefficient (Wildman–Crippen LogP) is 12.2. The fourth-order valence-electron chi connectivity index (χ4n) is 7.76. The quantitative estimate of drug-likeness (QED) is 0.0287. The van der Waals surface area contributed by atoms with E-state index in [2.05, 4.69) is 36.3 Å². The van der Waals surface area contributed by atoms with E-state index in [1.54, 1.807) is 7.05 Å². The summed E-state index contributed by atoms with van der Waals surface area (Å²) in [6, 6.07) is 0. The van der Waals surface area contributed by atoms with Crippen LogP contribution in [0.3, 0.4) is 0 Å². The second kappa shape index (κ2) is 46.1. The van der Waals surface area contributed by atoms with Crippen LogP contribution in [0, 0.1) is 0 Å². The number of carbonyl (C=O) groups is 1. The van der Waals surface area contributed by atoms with Crippen molar-refractivity contribution in [3.8, 4) is 0 Å². The molecule has 351 valence electrons. The molecule has 0 heterocycles.